The van der Waals surface area contributed by atoms with Crippen molar-refractivity contribution in [3.05, 3.63) is 17.2 Å². The highest BCUT2D eigenvalue weighted by Crippen LogP contribution is 2.35. The van der Waals surface area contributed by atoms with Crippen LogP contribution in [0.25, 0.3) is 0 Å². The van der Waals surface area contributed by atoms with Gasteiger partial charge in [-0.1, -0.05) is 32.4 Å². The molecule has 0 atom stereocenters. The molecular weight excluding hydrogens is 320 g/mol. The highest BCUT2D eigenvalue weighted by atomic mass is 35.5. The van der Waals surface area contributed by atoms with Crippen LogP contribution < -0.4 is 20.1 Å². The number of benzene rings is 1. The van der Waals surface area contributed by atoms with Crippen molar-refractivity contribution in [1.82, 2.24) is 5.32 Å². The Hall–Kier alpha value is -1.95. The van der Waals surface area contributed by atoms with E-state index < -0.39 is 5.41 Å². The standard InChI is InChI=1S/C16H23ClN2O4/c1-16(2,3)15(21)18-7-6-14(20)19-11-9-12(22-4)10(17)8-13(11)23-5/h8-9H,6-7H2,1-5H3,(H,18,21)(H,19,20). The molecule has 1 aromatic rings. The molecule has 0 spiro atoms. The summed E-state index contributed by atoms with van der Waals surface area (Å²) in [6.45, 7) is 5.70. The van der Waals surface area contributed by atoms with Crippen LogP contribution >= 0.6 is 11.6 Å². The molecule has 0 heterocycles. The largest absolute Gasteiger partial charge is 0.495 e. The fourth-order valence-electron chi connectivity index (χ4n) is 1.73. The number of hydrogen-bond donors (Lipinski definition) is 2. The van der Waals surface area contributed by atoms with Gasteiger partial charge in [-0.2, -0.15) is 0 Å². The summed E-state index contributed by atoms with van der Waals surface area (Å²) >= 11 is 6.01. The molecule has 128 valence electrons. The van der Waals surface area contributed by atoms with E-state index in [2.05, 4.69) is 10.6 Å². The molecule has 0 aliphatic carbocycles. The lowest BCUT2D eigenvalue weighted by Gasteiger charge is -2.17. The Bertz CT molecular complexity index is 582. The molecule has 6 nitrogen and oxygen atoms in total. The number of hydrogen-bond acceptors (Lipinski definition) is 4. The number of anilines is 1. The lowest BCUT2D eigenvalue weighted by molar-refractivity contribution is -0.128. The zero-order valence-corrected chi connectivity index (χ0v) is 14.8. The number of amides is 2. The molecule has 0 aromatic heterocycles. The van der Waals surface area contributed by atoms with Gasteiger partial charge in [0.15, 0.2) is 0 Å². The minimum atomic E-state index is -0.483. The Balaban J connectivity index is 2.65. The number of carbonyl (C=O) groups is 2. The Kier molecular flexibility index (Phi) is 6.69. The van der Waals surface area contributed by atoms with Crippen molar-refractivity contribution >= 4 is 29.1 Å². The van der Waals surface area contributed by atoms with Crippen LogP contribution in [0.4, 0.5) is 5.69 Å². The third-order valence-electron chi connectivity index (χ3n) is 3.07. The average Bonchev–Trinajstić information content (AvgIpc) is 2.47. The Labute approximate surface area is 141 Å². The van der Waals surface area contributed by atoms with Crippen molar-refractivity contribution in [2.75, 3.05) is 26.1 Å². The van der Waals surface area contributed by atoms with Gasteiger partial charge in [0.05, 0.1) is 24.9 Å². The predicted octanol–water partition coefficient (Wildman–Crippen LogP) is 2.85. The summed E-state index contributed by atoms with van der Waals surface area (Å²) in [5, 5.41) is 5.83. The van der Waals surface area contributed by atoms with Crippen LogP contribution in [-0.2, 0) is 9.59 Å². The third kappa shape index (κ3) is 5.63. The van der Waals surface area contributed by atoms with Crippen molar-refractivity contribution in [2.24, 2.45) is 5.41 Å². The molecule has 2 N–H and O–H groups in total. The lowest BCUT2D eigenvalue weighted by atomic mass is 9.96. The summed E-state index contributed by atoms with van der Waals surface area (Å²) in [6.07, 6.45) is 0.149. The summed E-state index contributed by atoms with van der Waals surface area (Å²) in [7, 11) is 2.97. The Morgan fingerprint density at radius 2 is 1.74 bits per heavy atom. The molecule has 23 heavy (non-hydrogen) atoms. The normalized spacial score (nSPS) is 10.9. The van der Waals surface area contributed by atoms with Crippen molar-refractivity contribution in [2.45, 2.75) is 27.2 Å². The van der Waals surface area contributed by atoms with E-state index in [0.29, 0.717) is 22.2 Å². The van der Waals surface area contributed by atoms with E-state index >= 15 is 0 Å². The molecule has 0 saturated heterocycles. The number of carbonyl (C=O) groups excluding carboxylic acids is 2. The van der Waals surface area contributed by atoms with Gasteiger partial charge in [-0.15, -0.1) is 0 Å². The predicted molar refractivity (Wildman–Crippen MR) is 90.3 cm³/mol. The molecule has 2 amide bonds. The molecule has 0 aliphatic heterocycles. The zero-order chi connectivity index (χ0) is 17.6. The number of nitrogens with one attached hydrogen (secondary N) is 2. The second-order valence-electron chi connectivity index (χ2n) is 5.99. The van der Waals surface area contributed by atoms with Crippen LogP contribution in [0.5, 0.6) is 11.5 Å². The first-order valence-corrected chi connectivity index (χ1v) is 7.56. The first kappa shape index (κ1) is 19.1. The minimum Gasteiger partial charge on any atom is -0.495 e. The van der Waals surface area contributed by atoms with Crippen LogP contribution in [0.2, 0.25) is 5.02 Å². The van der Waals surface area contributed by atoms with Gasteiger partial charge in [-0.05, 0) is 0 Å². The number of ether oxygens (including phenoxy) is 2. The second-order valence-corrected chi connectivity index (χ2v) is 6.40. The fourth-order valence-corrected chi connectivity index (χ4v) is 1.96. The fraction of sp³-hybridized carbons (Fsp3) is 0.500. The van der Waals surface area contributed by atoms with Crippen LogP contribution in [0, 0.1) is 5.41 Å². The lowest BCUT2D eigenvalue weighted by Crippen LogP contribution is -2.36. The van der Waals surface area contributed by atoms with Gasteiger partial charge >= 0.3 is 0 Å². The molecular formula is C16H23ClN2O4. The highest BCUT2D eigenvalue weighted by molar-refractivity contribution is 6.32. The molecule has 0 saturated carbocycles. The Morgan fingerprint density at radius 1 is 1.13 bits per heavy atom. The van der Waals surface area contributed by atoms with Gasteiger partial charge in [0.1, 0.15) is 11.5 Å². The van der Waals surface area contributed by atoms with Crippen LogP contribution in [0.15, 0.2) is 12.1 Å². The van der Waals surface area contributed by atoms with Crippen molar-refractivity contribution in [3.8, 4) is 11.5 Å². The SMILES string of the molecule is COc1cc(NC(=O)CCNC(=O)C(C)(C)C)c(OC)cc1Cl. The summed E-state index contributed by atoms with van der Waals surface area (Å²) in [5.74, 6) is 0.518. The van der Waals surface area contributed by atoms with E-state index in [1.54, 1.807) is 12.1 Å². The number of methoxy groups -OCH3 is 2. The molecule has 0 fully saturated rings. The van der Waals surface area contributed by atoms with Gasteiger partial charge < -0.3 is 20.1 Å². The maximum Gasteiger partial charge on any atom is 0.226 e. The highest BCUT2D eigenvalue weighted by Gasteiger charge is 2.20. The van der Waals surface area contributed by atoms with E-state index in [-0.39, 0.29) is 24.8 Å². The number of rotatable bonds is 6. The molecule has 1 aromatic carbocycles. The van der Waals surface area contributed by atoms with Crippen molar-refractivity contribution < 1.29 is 19.1 Å². The molecule has 0 aliphatic rings. The van der Waals surface area contributed by atoms with Crippen molar-refractivity contribution in [3.63, 3.8) is 0 Å². The van der Waals surface area contributed by atoms with Crippen LogP contribution in [0.3, 0.4) is 0 Å². The van der Waals surface area contributed by atoms with Crippen LogP contribution in [-0.4, -0.2) is 32.6 Å². The van der Waals surface area contributed by atoms with E-state index in [9.17, 15) is 9.59 Å². The summed E-state index contributed by atoms with van der Waals surface area (Å²) in [5.41, 5.74) is -0.0237. The third-order valence-corrected chi connectivity index (χ3v) is 3.36. The topological polar surface area (TPSA) is 76.7 Å². The van der Waals surface area contributed by atoms with Crippen molar-refractivity contribution in [1.29, 1.82) is 0 Å². The molecule has 1 rings (SSSR count). The van der Waals surface area contributed by atoms with Gasteiger partial charge in [0.2, 0.25) is 11.8 Å². The second kappa shape index (κ2) is 8.06. The molecule has 0 unspecified atom stereocenters. The Morgan fingerprint density at radius 3 is 2.26 bits per heavy atom. The van der Waals surface area contributed by atoms with Gasteiger partial charge in [-0.3, -0.25) is 9.59 Å². The van der Waals surface area contributed by atoms with E-state index in [0.717, 1.165) is 0 Å². The smallest absolute Gasteiger partial charge is 0.226 e. The average molecular weight is 343 g/mol. The quantitative estimate of drug-likeness (QED) is 0.833. The summed E-state index contributed by atoms with van der Waals surface area (Å²) < 4.78 is 10.3. The molecule has 0 radical (unpaired) electrons. The van der Waals surface area contributed by atoms with Crippen LogP contribution in [0.1, 0.15) is 27.2 Å². The minimum absolute atomic E-state index is 0.101. The zero-order valence-electron chi connectivity index (χ0n) is 14.1. The first-order valence-electron chi connectivity index (χ1n) is 7.18. The van der Waals surface area contributed by atoms with Gasteiger partial charge in [-0.25, -0.2) is 0 Å². The maximum absolute atomic E-state index is 12.0. The maximum atomic E-state index is 12.0. The van der Waals surface area contributed by atoms with E-state index in [4.69, 9.17) is 21.1 Å². The summed E-state index contributed by atoms with van der Waals surface area (Å²) in [6, 6.07) is 3.16. The first-order chi connectivity index (χ1) is 10.7. The molecule has 7 heteroatoms. The van der Waals surface area contributed by atoms with Gasteiger partial charge in [0.25, 0.3) is 0 Å². The van der Waals surface area contributed by atoms with E-state index in [1.165, 1.54) is 14.2 Å². The molecule has 0 bridgehead atoms. The van der Waals surface area contributed by atoms with Gasteiger partial charge in [0, 0.05) is 30.5 Å². The number of halogens is 1. The summed E-state index contributed by atoms with van der Waals surface area (Å²) in [4.78, 5) is 23.7. The monoisotopic (exact) mass is 342 g/mol. The van der Waals surface area contributed by atoms with E-state index in [1.807, 2.05) is 20.8 Å².